The molecular formula is C14H15FN2O. The molecular weight excluding hydrogens is 231 g/mol. The molecule has 18 heavy (non-hydrogen) atoms. The molecule has 1 atom stereocenters. The zero-order chi connectivity index (χ0) is 12.9. The third kappa shape index (κ3) is 1.60. The maximum atomic E-state index is 13.9. The van der Waals surface area contributed by atoms with Gasteiger partial charge >= 0.3 is 0 Å². The molecule has 2 N–H and O–H groups in total. The molecule has 1 aliphatic rings. The maximum Gasteiger partial charge on any atom is 0.230 e. The van der Waals surface area contributed by atoms with Gasteiger partial charge in [0.1, 0.15) is 5.82 Å². The van der Waals surface area contributed by atoms with Gasteiger partial charge in [-0.2, -0.15) is 0 Å². The van der Waals surface area contributed by atoms with E-state index in [4.69, 9.17) is 10.3 Å². The van der Waals surface area contributed by atoms with Crippen LogP contribution in [0.2, 0.25) is 0 Å². The Balaban J connectivity index is 2.13. The van der Waals surface area contributed by atoms with Crippen molar-refractivity contribution in [1.82, 2.24) is 5.16 Å². The summed E-state index contributed by atoms with van der Waals surface area (Å²) >= 11 is 0. The van der Waals surface area contributed by atoms with Crippen LogP contribution in [0.1, 0.15) is 31.9 Å². The van der Waals surface area contributed by atoms with Crippen molar-refractivity contribution in [3.63, 3.8) is 0 Å². The molecule has 94 valence electrons. The van der Waals surface area contributed by atoms with Gasteiger partial charge in [0.15, 0.2) is 0 Å². The monoisotopic (exact) mass is 246 g/mol. The number of nitrogens with zero attached hydrogens (tertiary/aromatic N) is 1. The van der Waals surface area contributed by atoms with E-state index in [1.54, 1.807) is 18.2 Å². The van der Waals surface area contributed by atoms with Crippen LogP contribution >= 0.6 is 0 Å². The fraction of sp³-hybridized carbons (Fsp3) is 0.357. The molecule has 1 aromatic heterocycles. The Morgan fingerprint density at radius 2 is 2.06 bits per heavy atom. The van der Waals surface area contributed by atoms with Crippen molar-refractivity contribution < 1.29 is 8.91 Å². The van der Waals surface area contributed by atoms with Gasteiger partial charge in [0.2, 0.25) is 5.88 Å². The lowest BCUT2D eigenvalue weighted by molar-refractivity contribution is 0.424. The Labute approximate surface area is 105 Å². The first-order chi connectivity index (χ1) is 8.50. The summed E-state index contributed by atoms with van der Waals surface area (Å²) in [6.07, 6.45) is 1.03. The van der Waals surface area contributed by atoms with Crippen LogP contribution in [0.15, 0.2) is 28.8 Å². The average molecular weight is 246 g/mol. The number of nitrogen functional groups attached to an aromatic ring is 1. The van der Waals surface area contributed by atoms with E-state index in [0.717, 1.165) is 12.1 Å². The minimum absolute atomic E-state index is 0.192. The number of benzene rings is 1. The van der Waals surface area contributed by atoms with E-state index in [0.29, 0.717) is 17.0 Å². The van der Waals surface area contributed by atoms with E-state index < -0.39 is 0 Å². The number of halogens is 1. The lowest BCUT2D eigenvalue weighted by Gasteiger charge is -2.05. The smallest absolute Gasteiger partial charge is 0.230 e. The molecule has 1 heterocycles. The molecule has 4 heteroatoms. The number of nitrogens with two attached hydrogens (primary N) is 1. The van der Waals surface area contributed by atoms with Crippen LogP contribution in [0.4, 0.5) is 10.3 Å². The minimum Gasteiger partial charge on any atom is -0.367 e. The highest BCUT2D eigenvalue weighted by Gasteiger charge is 2.50. The van der Waals surface area contributed by atoms with Crippen molar-refractivity contribution in [3.05, 3.63) is 35.8 Å². The van der Waals surface area contributed by atoms with Crippen molar-refractivity contribution in [1.29, 1.82) is 0 Å². The van der Waals surface area contributed by atoms with Gasteiger partial charge in [-0.05, 0) is 17.9 Å². The summed E-state index contributed by atoms with van der Waals surface area (Å²) in [5.41, 5.74) is 7.86. The van der Waals surface area contributed by atoms with Crippen molar-refractivity contribution >= 4 is 5.88 Å². The van der Waals surface area contributed by atoms with Gasteiger partial charge in [-0.3, -0.25) is 0 Å². The molecule has 1 aliphatic carbocycles. The van der Waals surface area contributed by atoms with E-state index >= 15 is 0 Å². The highest BCUT2D eigenvalue weighted by molar-refractivity contribution is 5.76. The second kappa shape index (κ2) is 3.57. The number of hydrogen-bond donors (Lipinski definition) is 1. The van der Waals surface area contributed by atoms with Crippen molar-refractivity contribution in [3.8, 4) is 11.1 Å². The van der Waals surface area contributed by atoms with Gasteiger partial charge in [-0.15, -0.1) is 0 Å². The number of hydrogen-bond acceptors (Lipinski definition) is 3. The van der Waals surface area contributed by atoms with Crippen LogP contribution < -0.4 is 5.73 Å². The molecule has 1 saturated carbocycles. The van der Waals surface area contributed by atoms with E-state index in [1.165, 1.54) is 6.07 Å². The average Bonchev–Trinajstić information content (AvgIpc) is 2.78. The summed E-state index contributed by atoms with van der Waals surface area (Å²) in [7, 11) is 0. The third-order valence-corrected chi connectivity index (χ3v) is 3.73. The number of aromatic nitrogens is 1. The van der Waals surface area contributed by atoms with E-state index in [1.807, 2.05) is 0 Å². The van der Waals surface area contributed by atoms with Crippen LogP contribution in [0.5, 0.6) is 0 Å². The highest BCUT2D eigenvalue weighted by atomic mass is 19.1. The molecule has 0 aliphatic heterocycles. The fourth-order valence-corrected chi connectivity index (χ4v) is 2.42. The lowest BCUT2D eigenvalue weighted by atomic mass is 9.99. The fourth-order valence-electron chi connectivity index (χ4n) is 2.42. The van der Waals surface area contributed by atoms with Gasteiger partial charge in [0.05, 0.1) is 11.3 Å². The van der Waals surface area contributed by atoms with Gasteiger partial charge in [0, 0.05) is 11.5 Å². The maximum absolute atomic E-state index is 13.9. The number of anilines is 1. The summed E-state index contributed by atoms with van der Waals surface area (Å²) in [5.74, 6) is 0.193. The van der Waals surface area contributed by atoms with Gasteiger partial charge in [-0.1, -0.05) is 37.2 Å². The van der Waals surface area contributed by atoms with Crippen molar-refractivity contribution in [2.45, 2.75) is 26.2 Å². The second-order valence-corrected chi connectivity index (χ2v) is 5.53. The second-order valence-electron chi connectivity index (χ2n) is 5.53. The highest BCUT2D eigenvalue weighted by Crippen LogP contribution is 2.60. The zero-order valence-corrected chi connectivity index (χ0v) is 10.4. The van der Waals surface area contributed by atoms with Gasteiger partial charge < -0.3 is 10.3 Å². The third-order valence-electron chi connectivity index (χ3n) is 3.73. The lowest BCUT2D eigenvalue weighted by Crippen LogP contribution is -1.95. The molecule has 1 aromatic carbocycles. The molecule has 3 rings (SSSR count). The molecule has 0 amide bonds. The Hall–Kier alpha value is -1.84. The normalized spacial score (nSPS) is 20.9. The summed E-state index contributed by atoms with van der Waals surface area (Å²) < 4.78 is 18.9. The van der Waals surface area contributed by atoms with Crippen LogP contribution in [-0.4, -0.2) is 5.16 Å². The standard InChI is InChI=1S/C14H15FN2O/c1-14(2)7-9(14)12-11(13(16)18-17-12)8-5-3-4-6-10(8)15/h3-6,9H,7,16H2,1-2H3. The van der Waals surface area contributed by atoms with Crippen LogP contribution in [-0.2, 0) is 0 Å². The molecule has 2 aromatic rings. The Bertz CT molecular complexity index is 604. The summed E-state index contributed by atoms with van der Waals surface area (Å²) in [6.45, 7) is 4.32. The first kappa shape index (κ1) is 11.3. The first-order valence-corrected chi connectivity index (χ1v) is 6.00. The summed E-state index contributed by atoms with van der Waals surface area (Å²) in [6, 6.07) is 6.57. The molecule has 0 radical (unpaired) electrons. The molecule has 0 bridgehead atoms. The molecule has 3 nitrogen and oxygen atoms in total. The van der Waals surface area contributed by atoms with Gasteiger partial charge in [-0.25, -0.2) is 4.39 Å². The van der Waals surface area contributed by atoms with Gasteiger partial charge in [0.25, 0.3) is 0 Å². The van der Waals surface area contributed by atoms with E-state index in [2.05, 4.69) is 19.0 Å². The predicted molar refractivity (Wildman–Crippen MR) is 67.4 cm³/mol. The Kier molecular flexibility index (Phi) is 2.24. The molecule has 1 fully saturated rings. The Morgan fingerprint density at radius 1 is 1.39 bits per heavy atom. The van der Waals surface area contributed by atoms with Crippen LogP contribution in [0.3, 0.4) is 0 Å². The SMILES string of the molecule is CC1(C)CC1c1noc(N)c1-c1ccccc1F. The largest absolute Gasteiger partial charge is 0.367 e. The van der Waals surface area contributed by atoms with E-state index in [9.17, 15) is 4.39 Å². The molecule has 1 unspecified atom stereocenters. The Morgan fingerprint density at radius 3 is 2.67 bits per heavy atom. The zero-order valence-electron chi connectivity index (χ0n) is 10.4. The minimum atomic E-state index is -0.299. The quantitative estimate of drug-likeness (QED) is 0.881. The molecule has 0 spiro atoms. The van der Waals surface area contributed by atoms with Crippen molar-refractivity contribution in [2.75, 3.05) is 5.73 Å². The summed E-state index contributed by atoms with van der Waals surface area (Å²) in [4.78, 5) is 0. The van der Waals surface area contributed by atoms with Crippen LogP contribution in [0.25, 0.3) is 11.1 Å². The summed E-state index contributed by atoms with van der Waals surface area (Å²) in [5, 5.41) is 4.02. The number of rotatable bonds is 2. The predicted octanol–water partition coefficient (Wildman–Crippen LogP) is 3.58. The first-order valence-electron chi connectivity index (χ1n) is 6.00. The topological polar surface area (TPSA) is 52.0 Å². The molecule has 0 saturated heterocycles. The van der Waals surface area contributed by atoms with E-state index in [-0.39, 0.29) is 17.1 Å². The van der Waals surface area contributed by atoms with Crippen molar-refractivity contribution in [2.24, 2.45) is 5.41 Å². The van der Waals surface area contributed by atoms with Crippen LogP contribution in [0, 0.1) is 11.2 Å².